The molecular weight excluding hydrogens is 290 g/mol. The first kappa shape index (κ1) is 15.2. The van der Waals surface area contributed by atoms with E-state index < -0.39 is 0 Å². The summed E-state index contributed by atoms with van der Waals surface area (Å²) < 4.78 is 0. The van der Waals surface area contributed by atoms with Gasteiger partial charge in [0.05, 0.1) is 5.25 Å². The molecule has 0 spiro atoms. The zero-order valence-corrected chi connectivity index (χ0v) is 13.9. The van der Waals surface area contributed by atoms with Crippen LogP contribution in [0.3, 0.4) is 0 Å². The smallest absolute Gasteiger partial charge is 0.239 e. The second-order valence-corrected chi connectivity index (χ2v) is 7.08. The molecule has 1 aliphatic rings. The summed E-state index contributed by atoms with van der Waals surface area (Å²) in [5.74, 6) is 1.11. The molecule has 0 saturated carbocycles. The molecule has 2 aromatic rings. The molecule has 22 heavy (non-hydrogen) atoms. The summed E-state index contributed by atoms with van der Waals surface area (Å²) in [5, 5.41) is -0.0224. The molecule has 0 radical (unpaired) electrons. The molecule has 0 saturated heterocycles. The van der Waals surface area contributed by atoms with Crippen molar-refractivity contribution in [3.05, 3.63) is 65.2 Å². The largest absolute Gasteiger partial charge is 0.311 e. The molecule has 1 atom stereocenters. The number of para-hydroxylation sites is 1. The van der Waals surface area contributed by atoms with Gasteiger partial charge in [0.1, 0.15) is 0 Å². The van der Waals surface area contributed by atoms with E-state index >= 15 is 0 Å². The van der Waals surface area contributed by atoms with Crippen LogP contribution < -0.4 is 4.90 Å². The zero-order valence-electron chi connectivity index (χ0n) is 13.1. The Kier molecular flexibility index (Phi) is 4.53. The fourth-order valence-electron chi connectivity index (χ4n) is 2.84. The van der Waals surface area contributed by atoms with Crippen molar-refractivity contribution in [3.63, 3.8) is 0 Å². The van der Waals surface area contributed by atoms with E-state index in [1.165, 1.54) is 16.7 Å². The van der Waals surface area contributed by atoms with Crippen LogP contribution in [-0.2, 0) is 17.0 Å². The summed E-state index contributed by atoms with van der Waals surface area (Å²) in [5.41, 5.74) is 4.98. The van der Waals surface area contributed by atoms with Gasteiger partial charge in [-0.2, -0.15) is 0 Å². The number of amides is 1. The average molecular weight is 311 g/mol. The van der Waals surface area contributed by atoms with E-state index in [-0.39, 0.29) is 11.2 Å². The number of nitrogens with zero attached hydrogens (tertiary/aromatic N) is 1. The predicted molar refractivity (Wildman–Crippen MR) is 94.4 cm³/mol. The molecular formula is C19H21NOS. The third-order valence-electron chi connectivity index (χ3n) is 4.25. The van der Waals surface area contributed by atoms with Gasteiger partial charge in [0.15, 0.2) is 0 Å². The van der Waals surface area contributed by atoms with Crippen molar-refractivity contribution < 1.29 is 4.79 Å². The van der Waals surface area contributed by atoms with E-state index in [1.807, 2.05) is 24.0 Å². The molecule has 3 rings (SSSR count). The standard InChI is InChI=1S/C19H21NOS/c1-14-7-3-4-9-17(14)13-22-15(2)19(21)20-12-11-16-8-5-6-10-18(16)20/h3-10,15H,11-13H2,1-2H3. The van der Waals surface area contributed by atoms with Crippen LogP contribution in [0.5, 0.6) is 0 Å². The van der Waals surface area contributed by atoms with E-state index in [9.17, 15) is 4.79 Å². The summed E-state index contributed by atoms with van der Waals surface area (Å²) >= 11 is 1.72. The SMILES string of the molecule is Cc1ccccc1CSC(C)C(=O)N1CCc2ccccc21. The normalized spacial score (nSPS) is 14.7. The molecule has 2 nitrogen and oxygen atoms in total. The van der Waals surface area contributed by atoms with Gasteiger partial charge in [-0.15, -0.1) is 11.8 Å². The molecule has 114 valence electrons. The number of rotatable bonds is 4. The number of aryl methyl sites for hydroxylation is 1. The predicted octanol–water partition coefficient (Wildman–Crippen LogP) is 4.21. The number of carbonyl (C=O) groups is 1. The van der Waals surface area contributed by atoms with Gasteiger partial charge in [0, 0.05) is 18.0 Å². The van der Waals surface area contributed by atoms with Crippen molar-refractivity contribution in [1.82, 2.24) is 0 Å². The summed E-state index contributed by atoms with van der Waals surface area (Å²) in [6.45, 7) is 4.96. The minimum Gasteiger partial charge on any atom is -0.311 e. The van der Waals surface area contributed by atoms with Crippen molar-refractivity contribution in [2.24, 2.45) is 0 Å². The van der Waals surface area contributed by atoms with Gasteiger partial charge in [-0.3, -0.25) is 4.79 Å². The fourth-order valence-corrected chi connectivity index (χ4v) is 3.87. The molecule has 1 heterocycles. The van der Waals surface area contributed by atoms with Crippen molar-refractivity contribution in [2.75, 3.05) is 11.4 Å². The van der Waals surface area contributed by atoms with Gasteiger partial charge in [-0.1, -0.05) is 42.5 Å². The molecule has 2 aromatic carbocycles. The van der Waals surface area contributed by atoms with E-state index in [0.717, 1.165) is 24.4 Å². The highest BCUT2D eigenvalue weighted by Crippen LogP contribution is 2.30. The van der Waals surface area contributed by atoms with Crippen molar-refractivity contribution in [2.45, 2.75) is 31.3 Å². The van der Waals surface area contributed by atoms with Gasteiger partial charge in [-0.25, -0.2) is 0 Å². The number of carbonyl (C=O) groups excluding carboxylic acids is 1. The minimum atomic E-state index is -0.0224. The summed E-state index contributed by atoms with van der Waals surface area (Å²) in [7, 11) is 0. The van der Waals surface area contributed by atoms with E-state index in [0.29, 0.717) is 0 Å². The van der Waals surface area contributed by atoms with Crippen LogP contribution in [-0.4, -0.2) is 17.7 Å². The second-order valence-electron chi connectivity index (χ2n) is 5.75. The first-order valence-corrected chi connectivity index (χ1v) is 8.77. The summed E-state index contributed by atoms with van der Waals surface area (Å²) in [6, 6.07) is 16.6. The quantitative estimate of drug-likeness (QED) is 0.843. The van der Waals surface area contributed by atoms with Crippen molar-refractivity contribution >= 4 is 23.4 Å². The van der Waals surface area contributed by atoms with Crippen LogP contribution >= 0.6 is 11.8 Å². The molecule has 0 aliphatic carbocycles. The van der Waals surface area contributed by atoms with Crippen LogP contribution in [0.15, 0.2) is 48.5 Å². The number of benzene rings is 2. The van der Waals surface area contributed by atoms with Gasteiger partial charge in [0.2, 0.25) is 5.91 Å². The van der Waals surface area contributed by atoms with Crippen LogP contribution in [0.1, 0.15) is 23.6 Å². The maximum Gasteiger partial charge on any atom is 0.239 e. The Morgan fingerprint density at radius 3 is 2.73 bits per heavy atom. The monoisotopic (exact) mass is 311 g/mol. The van der Waals surface area contributed by atoms with Crippen molar-refractivity contribution in [3.8, 4) is 0 Å². The molecule has 1 amide bonds. The summed E-state index contributed by atoms with van der Waals surface area (Å²) in [6.07, 6.45) is 0.969. The number of thioether (sulfide) groups is 1. The maximum atomic E-state index is 12.7. The van der Waals surface area contributed by atoms with Gasteiger partial charge >= 0.3 is 0 Å². The van der Waals surface area contributed by atoms with Crippen molar-refractivity contribution in [1.29, 1.82) is 0 Å². The highest BCUT2D eigenvalue weighted by atomic mass is 32.2. The number of hydrogen-bond donors (Lipinski definition) is 0. The average Bonchev–Trinajstić information content (AvgIpc) is 2.97. The molecule has 3 heteroatoms. The first-order chi connectivity index (χ1) is 10.7. The minimum absolute atomic E-state index is 0.0224. The van der Waals surface area contributed by atoms with E-state index in [4.69, 9.17) is 0 Å². The summed E-state index contributed by atoms with van der Waals surface area (Å²) in [4.78, 5) is 14.7. The Labute approximate surface area is 136 Å². The van der Waals surface area contributed by atoms with Crippen LogP contribution in [0.4, 0.5) is 5.69 Å². The second kappa shape index (κ2) is 6.57. The van der Waals surface area contributed by atoms with Gasteiger partial charge in [0.25, 0.3) is 0 Å². The van der Waals surface area contributed by atoms with Crippen LogP contribution in [0.25, 0.3) is 0 Å². The fraction of sp³-hybridized carbons (Fsp3) is 0.316. The topological polar surface area (TPSA) is 20.3 Å². The molecule has 0 bridgehead atoms. The lowest BCUT2D eigenvalue weighted by Gasteiger charge is -2.21. The van der Waals surface area contributed by atoms with Crippen LogP contribution in [0, 0.1) is 6.92 Å². The Balaban J connectivity index is 1.65. The molecule has 0 fully saturated rings. The Morgan fingerprint density at radius 1 is 1.18 bits per heavy atom. The van der Waals surface area contributed by atoms with Crippen LogP contribution in [0.2, 0.25) is 0 Å². The molecule has 0 aromatic heterocycles. The molecule has 0 N–H and O–H groups in total. The molecule has 1 unspecified atom stereocenters. The zero-order chi connectivity index (χ0) is 15.5. The highest BCUT2D eigenvalue weighted by molar-refractivity contribution is 7.99. The Bertz CT molecular complexity index is 683. The van der Waals surface area contributed by atoms with E-state index in [2.05, 4.69) is 43.3 Å². The third-order valence-corrected chi connectivity index (χ3v) is 5.43. The number of hydrogen-bond acceptors (Lipinski definition) is 2. The lowest BCUT2D eigenvalue weighted by Crippen LogP contribution is -2.35. The molecule has 1 aliphatic heterocycles. The number of fused-ring (bicyclic) bond motifs is 1. The first-order valence-electron chi connectivity index (χ1n) is 7.72. The lowest BCUT2D eigenvalue weighted by molar-refractivity contribution is -0.117. The lowest BCUT2D eigenvalue weighted by atomic mass is 10.1. The third kappa shape index (κ3) is 3.05. The maximum absolute atomic E-state index is 12.7. The van der Waals surface area contributed by atoms with Gasteiger partial charge in [-0.05, 0) is 43.0 Å². The Hall–Kier alpha value is -1.74. The highest BCUT2D eigenvalue weighted by Gasteiger charge is 2.27. The van der Waals surface area contributed by atoms with Gasteiger partial charge < -0.3 is 4.90 Å². The van der Waals surface area contributed by atoms with E-state index in [1.54, 1.807) is 11.8 Å². The number of anilines is 1. The Morgan fingerprint density at radius 2 is 1.91 bits per heavy atom.